The van der Waals surface area contributed by atoms with E-state index in [0.29, 0.717) is 24.3 Å². The maximum atomic E-state index is 13.9. The van der Waals surface area contributed by atoms with Crippen LogP contribution in [-0.2, 0) is 19.3 Å². The molecule has 0 atom stereocenters. The first-order valence-corrected chi connectivity index (χ1v) is 12.3. The van der Waals surface area contributed by atoms with Crippen molar-refractivity contribution in [3.05, 3.63) is 81.8 Å². The molecule has 1 amide bonds. The van der Waals surface area contributed by atoms with Crippen LogP contribution in [0.15, 0.2) is 42.6 Å². The predicted octanol–water partition coefficient (Wildman–Crippen LogP) is 3.28. The number of halogens is 3. The zero-order valence-corrected chi connectivity index (χ0v) is 21.6. The molecule has 0 aliphatic carbocycles. The summed E-state index contributed by atoms with van der Waals surface area (Å²) in [6.07, 6.45) is -3.19. The smallest absolute Gasteiger partial charge is 0.390 e. The van der Waals surface area contributed by atoms with E-state index in [9.17, 15) is 23.1 Å². The van der Waals surface area contributed by atoms with Gasteiger partial charge in [-0.15, -0.1) is 0 Å². The highest BCUT2D eigenvalue weighted by molar-refractivity contribution is 6.04. The number of aliphatic hydroxyl groups excluding tert-OH is 1. The van der Waals surface area contributed by atoms with Gasteiger partial charge in [0.15, 0.2) is 0 Å². The third-order valence-corrected chi connectivity index (χ3v) is 6.51. The Morgan fingerprint density at radius 3 is 2.56 bits per heavy atom. The van der Waals surface area contributed by atoms with Crippen LogP contribution in [0.25, 0.3) is 0 Å². The third kappa shape index (κ3) is 7.11. The summed E-state index contributed by atoms with van der Waals surface area (Å²) < 4.78 is 41.7. The number of piperazine rings is 1. The number of carbonyl (C=O) groups excluding carboxylic acids is 1. The fraction of sp³-hybridized carbons (Fsp3) is 0.321. The molecule has 1 aliphatic rings. The fourth-order valence-corrected chi connectivity index (χ4v) is 4.15. The molecule has 0 unspecified atom stereocenters. The molecular weight excluding hydrogens is 509 g/mol. The number of nitrogen functional groups attached to an aromatic ring is 1. The van der Waals surface area contributed by atoms with Gasteiger partial charge in [0.2, 0.25) is 0 Å². The Bertz CT molecular complexity index is 1420. The number of alkyl halides is 3. The van der Waals surface area contributed by atoms with E-state index in [1.165, 1.54) is 18.3 Å². The van der Waals surface area contributed by atoms with Crippen molar-refractivity contribution in [3.63, 3.8) is 0 Å². The molecule has 3 aromatic rings. The lowest BCUT2D eigenvalue weighted by molar-refractivity contribution is -0.138. The summed E-state index contributed by atoms with van der Waals surface area (Å²) in [5, 5.41) is 11.9. The molecule has 204 valence electrons. The topological polar surface area (TPSA) is 108 Å². The van der Waals surface area contributed by atoms with Crippen LogP contribution in [0, 0.1) is 18.8 Å². The van der Waals surface area contributed by atoms with Crippen LogP contribution >= 0.6 is 0 Å². The van der Waals surface area contributed by atoms with Crippen molar-refractivity contribution in [1.82, 2.24) is 19.8 Å². The SMILES string of the molecule is Cc1ccc(C(=O)Nc2ccc(CN3CCN(C)CC3)c(C(F)(F)F)c2)cc1C#Cc1cnc(N)c(CO)n1. The molecule has 0 saturated carbocycles. The second-order valence-electron chi connectivity index (χ2n) is 9.43. The molecule has 8 nitrogen and oxygen atoms in total. The number of rotatable bonds is 5. The Hall–Kier alpha value is -3.98. The molecule has 2 heterocycles. The summed E-state index contributed by atoms with van der Waals surface area (Å²) in [6, 6.07) is 8.74. The van der Waals surface area contributed by atoms with Crippen LogP contribution in [0.3, 0.4) is 0 Å². The van der Waals surface area contributed by atoms with Gasteiger partial charge in [-0.3, -0.25) is 9.69 Å². The van der Waals surface area contributed by atoms with Crippen molar-refractivity contribution >= 4 is 17.4 Å². The molecule has 1 aliphatic heterocycles. The second kappa shape index (κ2) is 11.8. The summed E-state index contributed by atoms with van der Waals surface area (Å²) >= 11 is 0. The van der Waals surface area contributed by atoms with E-state index < -0.39 is 17.6 Å². The number of benzene rings is 2. The molecule has 0 radical (unpaired) electrons. The summed E-state index contributed by atoms with van der Waals surface area (Å²) in [7, 11) is 1.99. The van der Waals surface area contributed by atoms with Crippen LogP contribution < -0.4 is 11.1 Å². The number of nitrogens with zero attached hydrogens (tertiary/aromatic N) is 4. The first-order valence-electron chi connectivity index (χ1n) is 12.3. The number of carbonyl (C=O) groups is 1. The van der Waals surface area contributed by atoms with E-state index >= 15 is 0 Å². The van der Waals surface area contributed by atoms with Gasteiger partial charge in [0, 0.05) is 49.5 Å². The van der Waals surface area contributed by atoms with Gasteiger partial charge in [0.25, 0.3) is 5.91 Å². The molecular formula is C28H29F3N6O2. The summed E-state index contributed by atoms with van der Waals surface area (Å²) in [5.41, 5.74) is 7.16. The highest BCUT2D eigenvalue weighted by Crippen LogP contribution is 2.34. The number of nitrogens with one attached hydrogen (secondary N) is 1. The lowest BCUT2D eigenvalue weighted by atomic mass is 10.0. The summed E-state index contributed by atoms with van der Waals surface area (Å²) in [6.45, 7) is 4.61. The Labute approximate surface area is 224 Å². The Balaban J connectivity index is 1.53. The van der Waals surface area contributed by atoms with Crippen LogP contribution in [0.5, 0.6) is 0 Å². The van der Waals surface area contributed by atoms with Gasteiger partial charge in [-0.05, 0) is 55.3 Å². The highest BCUT2D eigenvalue weighted by atomic mass is 19.4. The van der Waals surface area contributed by atoms with E-state index in [0.717, 1.165) is 24.7 Å². The lowest BCUT2D eigenvalue weighted by Gasteiger charge is -2.33. The molecule has 1 saturated heterocycles. The first-order chi connectivity index (χ1) is 18.5. The van der Waals surface area contributed by atoms with Gasteiger partial charge in [-0.25, -0.2) is 9.97 Å². The number of aliphatic hydroxyl groups is 1. The van der Waals surface area contributed by atoms with E-state index in [1.54, 1.807) is 18.2 Å². The largest absolute Gasteiger partial charge is 0.416 e. The molecule has 0 bridgehead atoms. The number of aromatic nitrogens is 2. The molecule has 1 aromatic heterocycles. The van der Waals surface area contributed by atoms with Gasteiger partial charge in [0.1, 0.15) is 17.2 Å². The standard InChI is InChI=1S/C28H29F3N6O2/c1-18-3-4-20(13-19(18)5-8-23-15-33-26(32)25(17-38)34-23)27(39)35-22-7-6-21(24(14-22)28(29,30)31)16-37-11-9-36(2)10-12-37/h3-4,6-7,13-15,38H,9-12,16-17H2,1-2H3,(H2,32,33)(H,35,39). The molecule has 2 aromatic carbocycles. The molecule has 4 rings (SSSR count). The Morgan fingerprint density at radius 2 is 1.87 bits per heavy atom. The van der Waals surface area contributed by atoms with Crippen LogP contribution in [-0.4, -0.2) is 64.0 Å². The number of amides is 1. The van der Waals surface area contributed by atoms with Gasteiger partial charge >= 0.3 is 6.18 Å². The second-order valence-corrected chi connectivity index (χ2v) is 9.43. The minimum absolute atomic E-state index is 0.0522. The normalized spacial score (nSPS) is 14.5. The molecule has 39 heavy (non-hydrogen) atoms. The number of likely N-dealkylation sites (N-methyl/N-ethyl adjacent to an activating group) is 1. The monoisotopic (exact) mass is 538 g/mol. The minimum atomic E-state index is -4.56. The third-order valence-electron chi connectivity index (χ3n) is 6.51. The first kappa shape index (κ1) is 28.0. The van der Waals surface area contributed by atoms with E-state index in [-0.39, 0.29) is 41.5 Å². The fourth-order valence-electron chi connectivity index (χ4n) is 4.15. The van der Waals surface area contributed by atoms with Crippen molar-refractivity contribution in [2.75, 3.05) is 44.3 Å². The maximum Gasteiger partial charge on any atom is 0.416 e. The van der Waals surface area contributed by atoms with Crippen molar-refractivity contribution in [2.24, 2.45) is 0 Å². The summed E-state index contributed by atoms with van der Waals surface area (Å²) in [4.78, 5) is 25.2. The van der Waals surface area contributed by atoms with Crippen molar-refractivity contribution < 1.29 is 23.1 Å². The maximum absolute atomic E-state index is 13.9. The molecule has 4 N–H and O–H groups in total. The van der Waals surface area contributed by atoms with Gasteiger partial charge in [0.05, 0.1) is 18.4 Å². The highest BCUT2D eigenvalue weighted by Gasteiger charge is 2.34. The van der Waals surface area contributed by atoms with Crippen LogP contribution in [0.4, 0.5) is 24.7 Å². The van der Waals surface area contributed by atoms with Crippen molar-refractivity contribution in [1.29, 1.82) is 0 Å². The number of hydrogen-bond acceptors (Lipinski definition) is 7. The number of nitrogens with two attached hydrogens (primary N) is 1. The van der Waals surface area contributed by atoms with Gasteiger partial charge < -0.3 is 21.1 Å². The quantitative estimate of drug-likeness (QED) is 0.428. The number of anilines is 2. The average Bonchev–Trinajstić information content (AvgIpc) is 2.90. The Kier molecular flexibility index (Phi) is 8.50. The zero-order chi connectivity index (χ0) is 28.2. The van der Waals surface area contributed by atoms with Crippen LogP contribution in [0.2, 0.25) is 0 Å². The van der Waals surface area contributed by atoms with E-state index in [4.69, 9.17) is 5.73 Å². The predicted molar refractivity (Wildman–Crippen MR) is 142 cm³/mol. The molecule has 0 spiro atoms. The average molecular weight is 539 g/mol. The molecule has 11 heteroatoms. The Morgan fingerprint density at radius 1 is 1.13 bits per heavy atom. The zero-order valence-electron chi connectivity index (χ0n) is 21.6. The van der Waals surface area contributed by atoms with Gasteiger partial charge in [-0.1, -0.05) is 18.1 Å². The number of aryl methyl sites for hydroxylation is 1. The number of hydrogen-bond donors (Lipinski definition) is 3. The minimum Gasteiger partial charge on any atom is -0.390 e. The lowest BCUT2D eigenvalue weighted by Crippen LogP contribution is -2.44. The molecule has 1 fully saturated rings. The van der Waals surface area contributed by atoms with Gasteiger partial charge in [-0.2, -0.15) is 13.2 Å². The van der Waals surface area contributed by atoms with Crippen LogP contribution in [0.1, 0.15) is 44.0 Å². The van der Waals surface area contributed by atoms with E-state index in [2.05, 4.69) is 32.0 Å². The van der Waals surface area contributed by atoms with E-state index in [1.807, 2.05) is 18.9 Å². The van der Waals surface area contributed by atoms with Crippen molar-refractivity contribution in [2.45, 2.75) is 26.3 Å². The summed E-state index contributed by atoms with van der Waals surface area (Å²) in [5.74, 6) is 5.31. The van der Waals surface area contributed by atoms with Crippen molar-refractivity contribution in [3.8, 4) is 11.8 Å².